The van der Waals surface area contributed by atoms with Gasteiger partial charge in [-0.3, -0.25) is 19.2 Å². The zero-order valence-electron chi connectivity index (χ0n) is 18.2. The van der Waals surface area contributed by atoms with Crippen molar-refractivity contribution in [2.75, 3.05) is 14.2 Å². The number of cyclic esters (lactones) is 2. The average Bonchev–Trinajstić information content (AvgIpc) is 3.22. The predicted molar refractivity (Wildman–Crippen MR) is 112 cm³/mol. The summed E-state index contributed by atoms with van der Waals surface area (Å²) in [5.41, 5.74) is -3.40. The first-order valence-corrected chi connectivity index (χ1v) is 12.2. The van der Waals surface area contributed by atoms with E-state index in [2.05, 4.69) is 0 Å². The molecule has 12 atom stereocenters. The van der Waals surface area contributed by atoms with Crippen molar-refractivity contribution >= 4 is 70.3 Å². The molecule has 0 amide bonds. The number of halogens is 4. The first-order chi connectivity index (χ1) is 15.7. The van der Waals surface area contributed by atoms with Crippen LogP contribution in [0.1, 0.15) is 13.8 Å². The molecule has 8 aliphatic rings. The van der Waals surface area contributed by atoms with E-state index >= 15 is 0 Å². The number of rotatable bonds is 4. The molecule has 0 aromatic rings. The first kappa shape index (κ1) is 22.4. The molecule has 0 aromatic heterocycles. The third-order valence-electron chi connectivity index (χ3n) is 10.1. The SMILES string of the molecule is COC1(OC)[C@]2(Cl)[C@@H]3[C@@H]4[C@@]5(OC(C)=O)[C@@H]6C(=O)OC(=O)[C@@H]6[C@]3(OC(C)=O)[C@@H]3[C@H]5[C@@](Cl)([C@@]32Cl)[C@]41Cl. The van der Waals surface area contributed by atoms with Crippen LogP contribution >= 0.6 is 46.4 Å². The Bertz CT molecular complexity index is 1090. The summed E-state index contributed by atoms with van der Waals surface area (Å²) in [6.07, 6.45) is 0. The van der Waals surface area contributed by atoms with Crippen molar-refractivity contribution in [3.63, 3.8) is 0 Å². The molecule has 7 aliphatic carbocycles. The fraction of sp³-hybridized carbons (Fsp3) is 0.810. The van der Waals surface area contributed by atoms with E-state index in [1.807, 2.05) is 0 Å². The smallest absolute Gasteiger partial charge is 0.321 e. The number of hydrogen-bond donors (Lipinski definition) is 0. The Morgan fingerprint density at radius 1 is 0.706 bits per heavy atom. The lowest BCUT2D eigenvalue weighted by Crippen LogP contribution is -2.84. The molecular weight excluding hydrogens is 538 g/mol. The second kappa shape index (κ2) is 5.38. The van der Waals surface area contributed by atoms with E-state index in [0.29, 0.717) is 0 Å². The lowest BCUT2D eigenvalue weighted by Gasteiger charge is -2.69. The van der Waals surface area contributed by atoms with E-state index < -0.39 is 95.9 Å². The minimum atomic E-state index is -1.84. The number of alkyl halides is 4. The third kappa shape index (κ3) is 1.36. The zero-order valence-corrected chi connectivity index (χ0v) is 21.2. The fourth-order valence-corrected chi connectivity index (χ4v) is 13.7. The number of esters is 4. The Kier molecular flexibility index (Phi) is 3.54. The summed E-state index contributed by atoms with van der Waals surface area (Å²) in [7, 11) is 2.67. The van der Waals surface area contributed by atoms with Gasteiger partial charge in [-0.25, -0.2) is 0 Å². The molecule has 1 heterocycles. The maximum atomic E-state index is 13.2. The Labute approximate surface area is 212 Å². The Hall–Kier alpha value is -0.840. The summed E-state index contributed by atoms with van der Waals surface area (Å²) in [4.78, 5) is 44.7. The first-order valence-electron chi connectivity index (χ1n) is 10.7. The highest BCUT2D eigenvalue weighted by atomic mass is 35.5. The summed E-state index contributed by atoms with van der Waals surface area (Å²) in [6, 6.07) is 0. The molecule has 4 bridgehead atoms. The normalized spacial score (nSPS) is 61.5. The van der Waals surface area contributed by atoms with Crippen LogP contribution in [0, 0.1) is 35.5 Å². The number of ether oxygens (including phenoxy) is 5. The van der Waals surface area contributed by atoms with Crippen LogP contribution in [0.4, 0.5) is 0 Å². The fourth-order valence-electron chi connectivity index (χ4n) is 10.3. The minimum Gasteiger partial charge on any atom is -0.458 e. The van der Waals surface area contributed by atoms with Gasteiger partial charge in [0.2, 0.25) is 5.79 Å². The maximum absolute atomic E-state index is 13.2. The highest BCUT2D eigenvalue weighted by Gasteiger charge is 3.20. The van der Waals surface area contributed by atoms with Gasteiger partial charge in [0.05, 0.1) is 9.75 Å². The van der Waals surface area contributed by atoms with Gasteiger partial charge in [0, 0.05) is 51.7 Å². The lowest BCUT2D eigenvalue weighted by molar-refractivity contribution is -0.299. The van der Waals surface area contributed by atoms with E-state index in [4.69, 9.17) is 70.1 Å². The molecule has 1 saturated heterocycles. The maximum Gasteiger partial charge on any atom is 0.321 e. The van der Waals surface area contributed by atoms with Gasteiger partial charge in [0.25, 0.3) is 0 Å². The van der Waals surface area contributed by atoms with Crippen molar-refractivity contribution in [2.24, 2.45) is 35.5 Å². The Morgan fingerprint density at radius 2 is 1.03 bits per heavy atom. The van der Waals surface area contributed by atoms with Crippen molar-refractivity contribution in [1.82, 2.24) is 0 Å². The molecule has 0 aromatic carbocycles. The monoisotopic (exact) mass is 554 g/mol. The molecule has 0 unspecified atom stereocenters. The summed E-state index contributed by atoms with van der Waals surface area (Å²) in [5, 5.41) is 0. The molecule has 0 spiro atoms. The van der Waals surface area contributed by atoms with Gasteiger partial charge in [-0.1, -0.05) is 0 Å². The number of methoxy groups -OCH3 is 2. The van der Waals surface area contributed by atoms with Gasteiger partial charge in [0.15, 0.2) is 0 Å². The Balaban J connectivity index is 1.67. The van der Waals surface area contributed by atoms with Crippen molar-refractivity contribution in [3.8, 4) is 0 Å². The molecule has 184 valence electrons. The van der Waals surface area contributed by atoms with Crippen molar-refractivity contribution in [2.45, 2.75) is 50.3 Å². The molecule has 0 radical (unpaired) electrons. The lowest BCUT2D eigenvalue weighted by atomic mass is 9.40. The average molecular weight is 556 g/mol. The minimum absolute atomic E-state index is 0.716. The van der Waals surface area contributed by atoms with Crippen LogP contribution in [0.2, 0.25) is 0 Å². The third-order valence-corrected chi connectivity index (χ3v) is 13.6. The van der Waals surface area contributed by atoms with Gasteiger partial charge >= 0.3 is 23.9 Å². The molecule has 0 N–H and O–H groups in total. The highest BCUT2D eigenvalue weighted by molar-refractivity contribution is 6.51. The summed E-state index contributed by atoms with van der Waals surface area (Å²) in [5.74, 6) is -11.6. The van der Waals surface area contributed by atoms with Gasteiger partial charge in [-0.05, 0) is 0 Å². The Morgan fingerprint density at radius 3 is 1.32 bits per heavy atom. The van der Waals surface area contributed by atoms with Crippen molar-refractivity contribution in [3.05, 3.63) is 0 Å². The number of hydrogen-bond acceptors (Lipinski definition) is 9. The van der Waals surface area contributed by atoms with Crippen molar-refractivity contribution < 1.29 is 42.9 Å². The quantitative estimate of drug-likeness (QED) is 0.167. The van der Waals surface area contributed by atoms with E-state index in [0.717, 1.165) is 0 Å². The standard InChI is InChI=1S/C21H18Cl4O9/c1-5(26)33-15-7-8(14(29)32-13(7)28)16(34-6(2)27)10-9(15)17(22)18(10,23)20(25)12(16)11(15)19(17,24)21(20,30-3)31-4/h7-12H,1-4H3/t7-,8+,9+,10-,11-,12-,15+,16-,17+,18-,19+,20-/m1/s1. The summed E-state index contributed by atoms with van der Waals surface area (Å²) < 4.78 is 28.9. The molecule has 1 aliphatic heterocycles. The molecule has 9 nitrogen and oxygen atoms in total. The van der Waals surface area contributed by atoms with Crippen LogP contribution in [-0.2, 0) is 42.9 Å². The van der Waals surface area contributed by atoms with Crippen LogP contribution in [-0.4, -0.2) is 74.6 Å². The summed E-state index contributed by atoms with van der Waals surface area (Å²) in [6.45, 7) is 2.37. The topological polar surface area (TPSA) is 114 Å². The van der Waals surface area contributed by atoms with Gasteiger partial charge in [0.1, 0.15) is 32.8 Å². The van der Waals surface area contributed by atoms with E-state index in [1.165, 1.54) is 28.1 Å². The molecule has 8 fully saturated rings. The largest absolute Gasteiger partial charge is 0.458 e. The second-order valence-corrected chi connectivity index (χ2v) is 12.8. The molecule has 8 rings (SSSR count). The molecule has 34 heavy (non-hydrogen) atoms. The van der Waals surface area contributed by atoms with E-state index in [1.54, 1.807) is 0 Å². The molecular formula is C21H18Cl4O9. The number of carbonyl (C=O) groups is 4. The number of carbonyl (C=O) groups excluding carboxylic acids is 4. The van der Waals surface area contributed by atoms with Gasteiger partial charge < -0.3 is 23.7 Å². The van der Waals surface area contributed by atoms with Crippen LogP contribution in [0.5, 0.6) is 0 Å². The highest BCUT2D eigenvalue weighted by Crippen LogP contribution is 3.03. The van der Waals surface area contributed by atoms with E-state index in [-0.39, 0.29) is 0 Å². The van der Waals surface area contributed by atoms with Crippen LogP contribution in [0.15, 0.2) is 0 Å². The molecule has 13 heteroatoms. The second-order valence-electron chi connectivity index (χ2n) is 10.4. The van der Waals surface area contributed by atoms with Crippen molar-refractivity contribution in [1.29, 1.82) is 0 Å². The van der Waals surface area contributed by atoms with Gasteiger partial charge in [-0.2, -0.15) is 0 Å². The van der Waals surface area contributed by atoms with Crippen LogP contribution < -0.4 is 0 Å². The molecule has 7 saturated carbocycles. The predicted octanol–water partition coefficient (Wildman–Crippen LogP) is 1.35. The van der Waals surface area contributed by atoms with Crippen LogP contribution in [0.3, 0.4) is 0 Å². The zero-order chi connectivity index (χ0) is 24.8. The summed E-state index contributed by atoms with van der Waals surface area (Å²) >= 11 is 29.7. The van der Waals surface area contributed by atoms with Crippen LogP contribution in [0.25, 0.3) is 0 Å². The van der Waals surface area contributed by atoms with E-state index in [9.17, 15) is 19.2 Å². The van der Waals surface area contributed by atoms with Gasteiger partial charge in [-0.15, -0.1) is 46.4 Å².